The molecule has 26 heavy (non-hydrogen) atoms. The van der Waals surface area contributed by atoms with Crippen LogP contribution >= 0.6 is 0 Å². The number of imidazole rings is 1. The van der Waals surface area contributed by atoms with Crippen molar-refractivity contribution in [3.05, 3.63) is 102 Å². The highest BCUT2D eigenvalue weighted by molar-refractivity contribution is 5.85. The van der Waals surface area contributed by atoms with Crippen molar-refractivity contribution in [2.45, 2.75) is 6.04 Å². The molecule has 5 rings (SSSR count). The lowest BCUT2D eigenvalue weighted by atomic mass is 10.0. The van der Waals surface area contributed by atoms with Crippen LogP contribution in [0, 0.1) is 5.82 Å². The van der Waals surface area contributed by atoms with Crippen LogP contribution < -0.4 is 5.32 Å². The Balaban J connectivity index is 1.76. The van der Waals surface area contributed by atoms with Crippen LogP contribution in [0.3, 0.4) is 0 Å². The van der Waals surface area contributed by atoms with Gasteiger partial charge in [-0.2, -0.15) is 0 Å². The first-order valence-electron chi connectivity index (χ1n) is 8.57. The van der Waals surface area contributed by atoms with E-state index in [1.54, 1.807) is 6.07 Å². The third-order valence-electron chi connectivity index (χ3n) is 4.75. The number of nitrogens with zero attached hydrogens (tertiary/aromatic N) is 2. The van der Waals surface area contributed by atoms with Crippen LogP contribution in [0.1, 0.15) is 17.2 Å². The van der Waals surface area contributed by atoms with Crippen molar-refractivity contribution in [1.29, 1.82) is 0 Å². The van der Waals surface area contributed by atoms with E-state index in [4.69, 9.17) is 4.98 Å². The van der Waals surface area contributed by atoms with E-state index >= 15 is 0 Å². The minimum atomic E-state index is -0.268. The first-order chi connectivity index (χ1) is 12.8. The third kappa shape index (κ3) is 2.30. The van der Waals surface area contributed by atoms with Gasteiger partial charge in [-0.05, 0) is 29.8 Å². The number of benzene rings is 3. The fourth-order valence-corrected chi connectivity index (χ4v) is 3.54. The van der Waals surface area contributed by atoms with E-state index in [9.17, 15) is 4.39 Å². The molecule has 0 radical (unpaired) electrons. The maximum Gasteiger partial charge on any atom is 0.209 e. The molecule has 1 atom stereocenters. The number of aromatic nitrogens is 2. The maximum absolute atomic E-state index is 14.6. The molecule has 3 nitrogen and oxygen atoms in total. The molecule has 0 saturated carbocycles. The average molecular weight is 341 g/mol. The van der Waals surface area contributed by atoms with Crippen molar-refractivity contribution in [1.82, 2.24) is 9.55 Å². The largest absolute Gasteiger partial charge is 0.325 e. The fraction of sp³-hybridized carbons (Fsp3) is 0.0455. The van der Waals surface area contributed by atoms with E-state index in [-0.39, 0.29) is 11.9 Å². The minimum Gasteiger partial charge on any atom is -0.325 e. The molecule has 1 aliphatic rings. The van der Waals surface area contributed by atoms with Gasteiger partial charge in [-0.25, -0.2) is 9.37 Å². The molecule has 0 spiro atoms. The molecule has 4 heteroatoms. The number of hydrogen-bond donors (Lipinski definition) is 1. The van der Waals surface area contributed by atoms with Gasteiger partial charge in [0.1, 0.15) is 5.82 Å². The Morgan fingerprint density at radius 1 is 0.846 bits per heavy atom. The van der Waals surface area contributed by atoms with Gasteiger partial charge in [0.15, 0.2) is 0 Å². The molecule has 1 unspecified atom stereocenters. The van der Waals surface area contributed by atoms with Crippen molar-refractivity contribution in [2.24, 2.45) is 0 Å². The van der Waals surface area contributed by atoms with Crippen molar-refractivity contribution in [3.63, 3.8) is 0 Å². The highest BCUT2D eigenvalue weighted by Crippen LogP contribution is 2.37. The van der Waals surface area contributed by atoms with Gasteiger partial charge >= 0.3 is 0 Å². The first-order valence-corrected chi connectivity index (χ1v) is 8.57. The molecule has 0 bridgehead atoms. The van der Waals surface area contributed by atoms with E-state index in [0.717, 1.165) is 28.2 Å². The molecule has 4 aromatic rings. The Morgan fingerprint density at radius 2 is 1.58 bits per heavy atom. The number of fused-ring (bicyclic) bond motifs is 3. The molecule has 0 saturated heterocycles. The van der Waals surface area contributed by atoms with E-state index in [1.807, 2.05) is 66.7 Å². The monoisotopic (exact) mass is 341 g/mol. The molecule has 0 fully saturated rings. The number of nitrogens with one attached hydrogen (secondary N) is 1. The van der Waals surface area contributed by atoms with Gasteiger partial charge in [-0.15, -0.1) is 0 Å². The topological polar surface area (TPSA) is 29.9 Å². The first kappa shape index (κ1) is 14.9. The van der Waals surface area contributed by atoms with Crippen LogP contribution in [-0.4, -0.2) is 9.55 Å². The van der Waals surface area contributed by atoms with Gasteiger partial charge in [0.2, 0.25) is 5.95 Å². The molecule has 1 N–H and O–H groups in total. The molecular weight excluding hydrogens is 325 g/mol. The summed E-state index contributed by atoms with van der Waals surface area (Å²) in [6, 6.07) is 24.6. The number of rotatable bonds is 2. The third-order valence-corrected chi connectivity index (χ3v) is 4.75. The number of allylic oxidation sites excluding steroid dienone is 1. The summed E-state index contributed by atoms with van der Waals surface area (Å²) in [5.41, 5.74) is 4.48. The second kappa shape index (κ2) is 5.85. The number of hydrogen-bond acceptors (Lipinski definition) is 2. The molecule has 1 aliphatic heterocycles. The van der Waals surface area contributed by atoms with Gasteiger partial charge in [0.25, 0.3) is 0 Å². The highest BCUT2D eigenvalue weighted by atomic mass is 19.1. The Morgan fingerprint density at radius 3 is 2.42 bits per heavy atom. The second-order valence-corrected chi connectivity index (χ2v) is 6.33. The minimum absolute atomic E-state index is 0.216. The smallest absolute Gasteiger partial charge is 0.209 e. The van der Waals surface area contributed by atoms with Crippen LogP contribution in [-0.2, 0) is 0 Å². The van der Waals surface area contributed by atoms with Gasteiger partial charge in [-0.1, -0.05) is 60.7 Å². The average Bonchev–Trinajstić information content (AvgIpc) is 3.07. The quantitative estimate of drug-likeness (QED) is 0.541. The summed E-state index contributed by atoms with van der Waals surface area (Å²) in [6.45, 7) is 0. The van der Waals surface area contributed by atoms with Gasteiger partial charge in [0.05, 0.1) is 17.1 Å². The van der Waals surface area contributed by atoms with Crippen molar-refractivity contribution in [3.8, 4) is 0 Å². The van der Waals surface area contributed by atoms with Crippen molar-refractivity contribution in [2.75, 3.05) is 5.32 Å². The zero-order chi connectivity index (χ0) is 17.5. The molecule has 2 heterocycles. The van der Waals surface area contributed by atoms with E-state index < -0.39 is 0 Å². The summed E-state index contributed by atoms with van der Waals surface area (Å²) in [7, 11) is 0. The fourth-order valence-electron chi connectivity index (χ4n) is 3.54. The molecule has 0 aliphatic carbocycles. The summed E-state index contributed by atoms with van der Waals surface area (Å²) in [4.78, 5) is 4.72. The van der Waals surface area contributed by atoms with Crippen LogP contribution in [0.25, 0.3) is 16.7 Å². The number of halogens is 1. The lowest BCUT2D eigenvalue weighted by Crippen LogP contribution is -2.19. The maximum atomic E-state index is 14.6. The summed E-state index contributed by atoms with van der Waals surface area (Å²) < 4.78 is 16.7. The summed E-state index contributed by atoms with van der Waals surface area (Å²) in [6.07, 6.45) is 2.06. The summed E-state index contributed by atoms with van der Waals surface area (Å²) in [5, 5.41) is 3.41. The van der Waals surface area contributed by atoms with Gasteiger partial charge in [0, 0.05) is 11.3 Å². The number of anilines is 1. The molecule has 126 valence electrons. The predicted molar refractivity (Wildman–Crippen MR) is 102 cm³/mol. The second-order valence-electron chi connectivity index (χ2n) is 6.33. The van der Waals surface area contributed by atoms with Gasteiger partial charge < -0.3 is 5.32 Å². The standard InChI is InChI=1S/C22H16FN3/c23-17-11-5-4-10-16(17)21-14-19(15-8-2-1-3-9-15)25-22-24-18-12-6-7-13-20(18)26(21)22/h1-14,21H,(H,24,25). The van der Waals surface area contributed by atoms with Crippen LogP contribution in [0.2, 0.25) is 0 Å². The molecule has 0 amide bonds. The zero-order valence-corrected chi connectivity index (χ0v) is 13.9. The highest BCUT2D eigenvalue weighted by Gasteiger charge is 2.26. The van der Waals surface area contributed by atoms with Crippen molar-refractivity contribution < 1.29 is 4.39 Å². The Labute approximate surface area is 150 Å². The Bertz CT molecular complexity index is 1130. The summed E-state index contributed by atoms with van der Waals surface area (Å²) in [5.74, 6) is 0.507. The zero-order valence-electron chi connectivity index (χ0n) is 13.9. The van der Waals surface area contributed by atoms with E-state index in [2.05, 4.69) is 16.0 Å². The van der Waals surface area contributed by atoms with Gasteiger partial charge in [-0.3, -0.25) is 4.57 Å². The van der Waals surface area contributed by atoms with E-state index in [0.29, 0.717) is 5.56 Å². The molecule has 1 aromatic heterocycles. The number of para-hydroxylation sites is 2. The lowest BCUT2D eigenvalue weighted by molar-refractivity contribution is 0.583. The SMILES string of the molecule is Fc1ccccc1C1C=C(c2ccccc2)Nc2nc3ccccc3n21. The molecular formula is C22H16FN3. The van der Waals surface area contributed by atoms with Crippen molar-refractivity contribution >= 4 is 22.7 Å². The normalized spacial score (nSPS) is 16.0. The predicted octanol–water partition coefficient (Wildman–Crippen LogP) is 5.23. The van der Waals surface area contributed by atoms with Crippen LogP contribution in [0.5, 0.6) is 0 Å². The summed E-state index contributed by atoms with van der Waals surface area (Å²) >= 11 is 0. The Kier molecular flexibility index (Phi) is 3.35. The lowest BCUT2D eigenvalue weighted by Gasteiger charge is -2.26. The van der Waals surface area contributed by atoms with Crippen LogP contribution in [0.4, 0.5) is 10.3 Å². The van der Waals surface area contributed by atoms with Crippen LogP contribution in [0.15, 0.2) is 84.9 Å². The Hall–Kier alpha value is -3.40. The van der Waals surface area contributed by atoms with E-state index in [1.165, 1.54) is 6.07 Å². The molecule has 3 aromatic carbocycles.